The smallest absolute Gasteiger partial charge is 0.259 e. The van der Waals surface area contributed by atoms with Crippen LogP contribution >= 0.6 is 0 Å². The number of hydrogen-bond acceptors (Lipinski definition) is 4. The third-order valence-corrected chi connectivity index (χ3v) is 2.91. The zero-order valence-electron chi connectivity index (χ0n) is 14.4. The summed E-state index contributed by atoms with van der Waals surface area (Å²) in [5.41, 5.74) is 2.81. The van der Waals surface area contributed by atoms with Gasteiger partial charge in [0.2, 0.25) is 5.82 Å². The Morgan fingerprint density at radius 3 is 2.48 bits per heavy atom. The van der Waals surface area contributed by atoms with Crippen molar-refractivity contribution in [2.45, 2.75) is 40.5 Å². The minimum absolute atomic E-state index is 0.452. The number of hydrogen-bond donors (Lipinski definition) is 0. The summed E-state index contributed by atoms with van der Waals surface area (Å²) in [6.07, 6.45) is 11.6. The maximum absolute atomic E-state index is 5.23. The lowest BCUT2D eigenvalue weighted by Crippen LogP contribution is -1.84. The SMILES string of the molecule is C=C/C(=C\C=C(C)C)c1noc(-c2cccnc2)n1.CCCC. The van der Waals surface area contributed by atoms with E-state index in [-0.39, 0.29) is 0 Å². The lowest BCUT2D eigenvalue weighted by Gasteiger charge is -1.92. The zero-order valence-corrected chi connectivity index (χ0v) is 14.4. The first-order valence-electron chi connectivity index (χ1n) is 7.84. The number of nitrogens with zero attached hydrogens (tertiary/aromatic N) is 3. The molecule has 23 heavy (non-hydrogen) atoms. The molecular formula is C19H25N3O. The Kier molecular flexibility index (Phi) is 8.29. The lowest BCUT2D eigenvalue weighted by atomic mass is 10.2. The van der Waals surface area contributed by atoms with E-state index in [1.165, 1.54) is 18.4 Å². The summed E-state index contributed by atoms with van der Waals surface area (Å²) in [5.74, 6) is 0.972. The molecule has 2 rings (SSSR count). The van der Waals surface area contributed by atoms with Crippen LogP contribution in [0.2, 0.25) is 0 Å². The fraction of sp³-hybridized carbons (Fsp3) is 0.316. The van der Waals surface area contributed by atoms with Crippen molar-refractivity contribution < 1.29 is 4.52 Å². The van der Waals surface area contributed by atoms with Crippen molar-refractivity contribution in [3.63, 3.8) is 0 Å². The van der Waals surface area contributed by atoms with Gasteiger partial charge in [-0.15, -0.1) is 0 Å². The highest BCUT2D eigenvalue weighted by Gasteiger charge is 2.10. The summed E-state index contributed by atoms with van der Waals surface area (Å²) in [7, 11) is 0. The molecule has 0 amide bonds. The van der Waals surface area contributed by atoms with Crippen molar-refractivity contribution in [2.75, 3.05) is 0 Å². The van der Waals surface area contributed by atoms with Gasteiger partial charge in [0.25, 0.3) is 5.89 Å². The normalized spacial score (nSPS) is 10.5. The van der Waals surface area contributed by atoms with Gasteiger partial charge in [-0.25, -0.2) is 0 Å². The molecule has 0 unspecified atom stereocenters. The summed E-state index contributed by atoms with van der Waals surface area (Å²) in [6.45, 7) is 12.2. The highest BCUT2D eigenvalue weighted by atomic mass is 16.5. The minimum Gasteiger partial charge on any atom is -0.334 e. The fourth-order valence-electron chi connectivity index (χ4n) is 1.44. The quantitative estimate of drug-likeness (QED) is 0.687. The molecule has 4 heteroatoms. The van der Waals surface area contributed by atoms with E-state index in [9.17, 15) is 0 Å². The second-order valence-corrected chi connectivity index (χ2v) is 5.23. The van der Waals surface area contributed by atoms with Gasteiger partial charge in [-0.2, -0.15) is 4.98 Å². The molecule has 0 spiro atoms. The minimum atomic E-state index is 0.452. The Morgan fingerprint density at radius 1 is 1.22 bits per heavy atom. The summed E-state index contributed by atoms with van der Waals surface area (Å²) in [6, 6.07) is 3.70. The van der Waals surface area contributed by atoms with Gasteiger partial charge in [0.1, 0.15) is 0 Å². The van der Waals surface area contributed by atoms with Gasteiger partial charge in [-0.3, -0.25) is 4.98 Å². The summed E-state index contributed by atoms with van der Waals surface area (Å²) < 4.78 is 5.23. The van der Waals surface area contributed by atoms with E-state index in [0.717, 1.165) is 11.1 Å². The fourth-order valence-corrected chi connectivity index (χ4v) is 1.44. The van der Waals surface area contributed by atoms with E-state index in [1.807, 2.05) is 38.1 Å². The maximum atomic E-state index is 5.23. The molecule has 0 aliphatic carbocycles. The van der Waals surface area contributed by atoms with E-state index < -0.39 is 0 Å². The monoisotopic (exact) mass is 311 g/mol. The van der Waals surface area contributed by atoms with Crippen molar-refractivity contribution in [2.24, 2.45) is 0 Å². The molecule has 2 heterocycles. The first-order valence-corrected chi connectivity index (χ1v) is 7.84. The third-order valence-electron chi connectivity index (χ3n) is 2.91. The van der Waals surface area contributed by atoms with Crippen LogP contribution in [0.5, 0.6) is 0 Å². The lowest BCUT2D eigenvalue weighted by molar-refractivity contribution is 0.428. The first-order chi connectivity index (χ1) is 11.1. The van der Waals surface area contributed by atoms with Crippen molar-refractivity contribution in [1.82, 2.24) is 15.1 Å². The number of rotatable bonds is 5. The predicted octanol–water partition coefficient (Wildman–Crippen LogP) is 5.47. The van der Waals surface area contributed by atoms with Crippen molar-refractivity contribution in [1.29, 1.82) is 0 Å². The van der Waals surface area contributed by atoms with E-state index in [4.69, 9.17) is 4.52 Å². The third kappa shape index (κ3) is 6.43. The largest absolute Gasteiger partial charge is 0.334 e. The van der Waals surface area contributed by atoms with E-state index >= 15 is 0 Å². The van der Waals surface area contributed by atoms with Gasteiger partial charge in [-0.1, -0.05) is 62.2 Å². The second-order valence-electron chi connectivity index (χ2n) is 5.23. The molecule has 4 nitrogen and oxygen atoms in total. The molecule has 2 aromatic heterocycles. The van der Waals surface area contributed by atoms with E-state index in [0.29, 0.717) is 11.7 Å². The van der Waals surface area contributed by atoms with Crippen LogP contribution in [0.15, 0.2) is 59.4 Å². The molecule has 122 valence electrons. The van der Waals surface area contributed by atoms with Crippen LogP contribution < -0.4 is 0 Å². The van der Waals surface area contributed by atoms with Crippen LogP contribution in [-0.4, -0.2) is 15.1 Å². The molecule has 0 fully saturated rings. The van der Waals surface area contributed by atoms with Crippen molar-refractivity contribution >= 4 is 5.57 Å². The summed E-state index contributed by atoms with van der Waals surface area (Å²) in [4.78, 5) is 8.37. The molecule has 0 atom stereocenters. The highest BCUT2D eigenvalue weighted by Crippen LogP contribution is 2.19. The van der Waals surface area contributed by atoms with Crippen LogP contribution in [0, 0.1) is 0 Å². The molecule has 2 aromatic rings. The summed E-state index contributed by atoms with van der Waals surface area (Å²) in [5, 5.41) is 3.96. The zero-order chi connectivity index (χ0) is 17.1. The van der Waals surface area contributed by atoms with Crippen LogP contribution in [0.4, 0.5) is 0 Å². The average Bonchev–Trinajstić information content (AvgIpc) is 3.06. The Labute approximate surface area is 138 Å². The summed E-state index contributed by atoms with van der Waals surface area (Å²) >= 11 is 0. The molecule has 0 saturated heterocycles. The Hall–Kier alpha value is -2.49. The standard InChI is InChI=1S/C15H15N3O.C4H10/c1-4-12(8-7-11(2)3)14-17-15(19-18-14)13-6-5-9-16-10-13;1-3-4-2/h4-10H,1H2,2-3H3;3-4H2,1-2H3/b12-8+;. The van der Waals surface area contributed by atoms with Gasteiger partial charge in [0.05, 0.1) is 5.56 Å². The Bertz CT molecular complexity index is 648. The number of pyridine rings is 1. The van der Waals surface area contributed by atoms with Crippen LogP contribution in [-0.2, 0) is 0 Å². The highest BCUT2D eigenvalue weighted by molar-refractivity contribution is 5.71. The van der Waals surface area contributed by atoms with E-state index in [2.05, 4.69) is 35.6 Å². The molecule has 0 aliphatic rings. The Balaban J connectivity index is 0.000000593. The molecule has 0 aliphatic heterocycles. The number of aromatic nitrogens is 3. The molecule has 0 saturated carbocycles. The molecule has 0 N–H and O–H groups in total. The topological polar surface area (TPSA) is 51.8 Å². The van der Waals surface area contributed by atoms with Crippen molar-refractivity contribution in [3.8, 4) is 11.5 Å². The molecule has 0 radical (unpaired) electrons. The van der Waals surface area contributed by atoms with Gasteiger partial charge >= 0.3 is 0 Å². The van der Waals surface area contributed by atoms with Crippen molar-refractivity contribution in [3.05, 3.63) is 60.7 Å². The van der Waals surface area contributed by atoms with Gasteiger partial charge < -0.3 is 4.52 Å². The van der Waals surface area contributed by atoms with Gasteiger partial charge in [0.15, 0.2) is 0 Å². The van der Waals surface area contributed by atoms with Crippen LogP contribution in [0.3, 0.4) is 0 Å². The van der Waals surface area contributed by atoms with Crippen LogP contribution in [0.25, 0.3) is 17.0 Å². The molecular weight excluding hydrogens is 286 g/mol. The second kappa shape index (κ2) is 10.3. The maximum Gasteiger partial charge on any atom is 0.259 e. The Morgan fingerprint density at radius 2 is 1.96 bits per heavy atom. The van der Waals surface area contributed by atoms with Gasteiger partial charge in [-0.05, 0) is 26.0 Å². The molecule has 0 aromatic carbocycles. The van der Waals surface area contributed by atoms with Crippen LogP contribution in [0.1, 0.15) is 46.4 Å². The number of unbranched alkanes of at least 4 members (excludes halogenated alkanes) is 1. The molecule has 0 bridgehead atoms. The van der Waals surface area contributed by atoms with E-state index in [1.54, 1.807) is 18.5 Å². The van der Waals surface area contributed by atoms with Gasteiger partial charge in [0, 0.05) is 18.0 Å². The average molecular weight is 311 g/mol. The first kappa shape index (κ1) is 18.6. The number of allylic oxidation sites excluding steroid dienone is 5. The predicted molar refractivity (Wildman–Crippen MR) is 95.7 cm³/mol.